The zero-order valence-corrected chi connectivity index (χ0v) is 13.1. The average Bonchev–Trinajstić information content (AvgIpc) is 2.91. The molecule has 6 nitrogen and oxygen atoms in total. The number of carbonyl (C=O) groups excluding carboxylic acids is 2. The van der Waals surface area contributed by atoms with Crippen molar-refractivity contribution in [3.63, 3.8) is 0 Å². The molecule has 1 saturated heterocycles. The molecule has 1 atom stereocenters. The first-order valence-electron chi connectivity index (χ1n) is 7.74. The van der Waals surface area contributed by atoms with Crippen LogP contribution >= 0.6 is 0 Å². The Balaban J connectivity index is 1.70. The Morgan fingerprint density at radius 1 is 1.59 bits per heavy atom. The molecule has 0 aromatic carbocycles. The van der Waals surface area contributed by atoms with Gasteiger partial charge in [-0.05, 0) is 24.8 Å². The number of carbonyl (C=O) groups is 2. The van der Waals surface area contributed by atoms with Crippen LogP contribution in [0.4, 0.5) is 0 Å². The highest BCUT2D eigenvalue weighted by molar-refractivity contribution is 5.83. The molecule has 1 fully saturated rings. The van der Waals surface area contributed by atoms with Crippen molar-refractivity contribution in [1.82, 2.24) is 20.0 Å². The maximum atomic E-state index is 12.2. The number of aromatic nitrogens is 2. The molecule has 0 saturated carbocycles. The number of amides is 2. The predicted molar refractivity (Wildman–Crippen MR) is 84.0 cm³/mol. The van der Waals surface area contributed by atoms with Gasteiger partial charge in [0.25, 0.3) is 0 Å². The van der Waals surface area contributed by atoms with E-state index in [1.165, 1.54) is 5.56 Å². The lowest BCUT2D eigenvalue weighted by Gasteiger charge is -2.31. The minimum absolute atomic E-state index is 0.0488. The highest BCUT2D eigenvalue weighted by atomic mass is 16.2. The molecule has 1 unspecified atom stereocenters. The van der Waals surface area contributed by atoms with Crippen LogP contribution in [0.5, 0.6) is 0 Å². The van der Waals surface area contributed by atoms with Crippen molar-refractivity contribution in [2.24, 2.45) is 13.0 Å². The molecule has 1 N–H and O–H groups in total. The second kappa shape index (κ2) is 7.77. The molecule has 0 spiro atoms. The molecular weight excluding hydrogens is 280 g/mol. The highest BCUT2D eigenvalue weighted by Crippen LogP contribution is 2.17. The normalized spacial score (nSPS) is 18.3. The molecule has 0 bridgehead atoms. The van der Waals surface area contributed by atoms with Gasteiger partial charge in [0.05, 0.1) is 12.1 Å². The van der Waals surface area contributed by atoms with Crippen molar-refractivity contribution >= 4 is 11.8 Å². The van der Waals surface area contributed by atoms with E-state index in [0.29, 0.717) is 32.5 Å². The SMILES string of the molecule is C=CCN1CC(C(=O)NCCCc2cnn(C)c2)CCC1=O. The summed E-state index contributed by atoms with van der Waals surface area (Å²) in [5.41, 5.74) is 1.18. The largest absolute Gasteiger partial charge is 0.356 e. The van der Waals surface area contributed by atoms with E-state index in [4.69, 9.17) is 0 Å². The van der Waals surface area contributed by atoms with Gasteiger partial charge in [0.2, 0.25) is 11.8 Å². The maximum Gasteiger partial charge on any atom is 0.224 e. The van der Waals surface area contributed by atoms with E-state index in [-0.39, 0.29) is 17.7 Å². The first-order chi connectivity index (χ1) is 10.6. The van der Waals surface area contributed by atoms with E-state index < -0.39 is 0 Å². The van der Waals surface area contributed by atoms with Crippen LogP contribution in [-0.4, -0.2) is 46.1 Å². The second-order valence-electron chi connectivity index (χ2n) is 5.74. The van der Waals surface area contributed by atoms with E-state index in [1.54, 1.807) is 15.7 Å². The Morgan fingerprint density at radius 3 is 3.09 bits per heavy atom. The number of hydrogen-bond donors (Lipinski definition) is 1. The molecule has 1 aromatic heterocycles. The van der Waals surface area contributed by atoms with Crippen molar-refractivity contribution < 1.29 is 9.59 Å². The quantitative estimate of drug-likeness (QED) is 0.601. The van der Waals surface area contributed by atoms with Crippen LogP contribution in [0.2, 0.25) is 0 Å². The number of hydrogen-bond acceptors (Lipinski definition) is 3. The van der Waals surface area contributed by atoms with Gasteiger partial charge in [-0.1, -0.05) is 6.08 Å². The number of likely N-dealkylation sites (tertiary alicyclic amines) is 1. The molecule has 2 heterocycles. The molecule has 6 heteroatoms. The standard InChI is InChI=1S/C16H24N4O2/c1-3-9-20-12-14(6-7-15(20)21)16(22)17-8-4-5-13-10-18-19(2)11-13/h3,10-11,14H,1,4-9,12H2,2H3,(H,17,22). The number of rotatable bonds is 7. The molecule has 120 valence electrons. The fourth-order valence-corrected chi connectivity index (χ4v) is 2.71. The fraction of sp³-hybridized carbons (Fsp3) is 0.562. The first-order valence-corrected chi connectivity index (χ1v) is 7.74. The van der Waals surface area contributed by atoms with E-state index in [1.807, 2.05) is 19.4 Å². The van der Waals surface area contributed by atoms with Gasteiger partial charge in [0.15, 0.2) is 0 Å². The number of nitrogens with zero attached hydrogens (tertiary/aromatic N) is 3. The van der Waals surface area contributed by atoms with Crippen LogP contribution in [-0.2, 0) is 23.1 Å². The van der Waals surface area contributed by atoms with E-state index in [0.717, 1.165) is 12.8 Å². The molecule has 1 aliphatic rings. The minimum Gasteiger partial charge on any atom is -0.356 e. The van der Waals surface area contributed by atoms with Crippen LogP contribution in [0, 0.1) is 5.92 Å². The lowest BCUT2D eigenvalue weighted by Crippen LogP contribution is -2.45. The molecule has 22 heavy (non-hydrogen) atoms. The number of aryl methyl sites for hydroxylation is 2. The Labute approximate surface area is 131 Å². The van der Waals surface area contributed by atoms with Gasteiger partial charge in [0, 0.05) is 39.3 Å². The van der Waals surface area contributed by atoms with E-state index in [9.17, 15) is 9.59 Å². The van der Waals surface area contributed by atoms with E-state index in [2.05, 4.69) is 17.0 Å². The van der Waals surface area contributed by atoms with Gasteiger partial charge in [-0.2, -0.15) is 5.10 Å². The summed E-state index contributed by atoms with van der Waals surface area (Å²) < 4.78 is 1.78. The summed E-state index contributed by atoms with van der Waals surface area (Å²) in [6, 6.07) is 0. The topological polar surface area (TPSA) is 67.2 Å². The molecule has 2 rings (SSSR count). The zero-order chi connectivity index (χ0) is 15.9. The Bertz CT molecular complexity index is 538. The smallest absolute Gasteiger partial charge is 0.224 e. The summed E-state index contributed by atoms with van der Waals surface area (Å²) in [4.78, 5) is 25.6. The summed E-state index contributed by atoms with van der Waals surface area (Å²) in [6.07, 6.45) is 8.41. The van der Waals surface area contributed by atoms with Gasteiger partial charge >= 0.3 is 0 Å². The molecule has 2 amide bonds. The van der Waals surface area contributed by atoms with Crippen LogP contribution in [0.3, 0.4) is 0 Å². The molecule has 0 radical (unpaired) electrons. The molecule has 1 aliphatic heterocycles. The Morgan fingerprint density at radius 2 is 2.41 bits per heavy atom. The van der Waals surface area contributed by atoms with Gasteiger partial charge in [-0.3, -0.25) is 14.3 Å². The Kier molecular flexibility index (Phi) is 5.75. The van der Waals surface area contributed by atoms with Crippen LogP contribution in [0.1, 0.15) is 24.8 Å². The average molecular weight is 304 g/mol. The van der Waals surface area contributed by atoms with Gasteiger partial charge in [0.1, 0.15) is 0 Å². The van der Waals surface area contributed by atoms with Crippen LogP contribution in [0.15, 0.2) is 25.0 Å². The van der Waals surface area contributed by atoms with Crippen molar-refractivity contribution in [1.29, 1.82) is 0 Å². The monoisotopic (exact) mass is 304 g/mol. The predicted octanol–water partition coefficient (Wildman–Crippen LogP) is 0.893. The molecule has 1 aromatic rings. The summed E-state index contributed by atoms with van der Waals surface area (Å²) in [6.45, 7) is 5.32. The lowest BCUT2D eigenvalue weighted by atomic mass is 9.96. The number of nitrogens with one attached hydrogen (secondary N) is 1. The third-order valence-electron chi connectivity index (χ3n) is 3.92. The third kappa shape index (κ3) is 4.44. The third-order valence-corrected chi connectivity index (χ3v) is 3.92. The molecular formula is C16H24N4O2. The van der Waals surface area contributed by atoms with Gasteiger partial charge in [-0.15, -0.1) is 6.58 Å². The van der Waals surface area contributed by atoms with Crippen LogP contribution < -0.4 is 5.32 Å². The maximum absolute atomic E-state index is 12.2. The summed E-state index contributed by atoms with van der Waals surface area (Å²) in [5, 5.41) is 7.10. The van der Waals surface area contributed by atoms with Gasteiger partial charge < -0.3 is 10.2 Å². The molecule has 0 aliphatic carbocycles. The van der Waals surface area contributed by atoms with Gasteiger partial charge in [-0.25, -0.2) is 0 Å². The van der Waals surface area contributed by atoms with Crippen LogP contribution in [0.25, 0.3) is 0 Å². The fourth-order valence-electron chi connectivity index (χ4n) is 2.71. The lowest BCUT2D eigenvalue weighted by molar-refractivity contribution is -0.137. The Hall–Kier alpha value is -2.11. The zero-order valence-electron chi connectivity index (χ0n) is 13.1. The number of piperidine rings is 1. The van der Waals surface area contributed by atoms with E-state index >= 15 is 0 Å². The minimum atomic E-state index is -0.101. The first kappa shape index (κ1) is 16.3. The summed E-state index contributed by atoms with van der Waals surface area (Å²) >= 11 is 0. The summed E-state index contributed by atoms with van der Waals surface area (Å²) in [7, 11) is 1.89. The van der Waals surface area contributed by atoms with Crippen molar-refractivity contribution in [3.8, 4) is 0 Å². The highest BCUT2D eigenvalue weighted by Gasteiger charge is 2.29. The second-order valence-corrected chi connectivity index (χ2v) is 5.74. The van der Waals surface area contributed by atoms with Crippen molar-refractivity contribution in [3.05, 3.63) is 30.6 Å². The van der Waals surface area contributed by atoms with Crippen molar-refractivity contribution in [2.45, 2.75) is 25.7 Å². The van der Waals surface area contributed by atoms with Crippen molar-refractivity contribution in [2.75, 3.05) is 19.6 Å². The summed E-state index contributed by atoms with van der Waals surface area (Å²) in [5.74, 6) is 0.0596.